The highest BCUT2D eigenvalue weighted by Crippen LogP contribution is 2.32. The molecule has 0 saturated carbocycles. The highest BCUT2D eigenvalue weighted by molar-refractivity contribution is 8.14. The molecular weight excluding hydrogens is 248 g/mol. The Bertz CT molecular complexity index is 439. The Hall–Kier alpha value is -1.14. The number of hydrogen-bond donors (Lipinski definition) is 1. The lowest BCUT2D eigenvalue weighted by atomic mass is 10.1. The first kappa shape index (κ1) is 11.9. The van der Waals surface area contributed by atoms with Crippen molar-refractivity contribution in [1.82, 2.24) is 10.2 Å². The number of nitrogens with zero attached hydrogens (tertiary/aromatic N) is 3. The van der Waals surface area contributed by atoms with Gasteiger partial charge in [-0.1, -0.05) is 17.8 Å². The van der Waals surface area contributed by atoms with Gasteiger partial charge in [0.15, 0.2) is 5.17 Å². The molecule has 3 unspecified atom stereocenters. The van der Waals surface area contributed by atoms with E-state index in [9.17, 15) is 4.79 Å². The summed E-state index contributed by atoms with van der Waals surface area (Å²) in [6, 6.07) is 0.0898. The molecule has 3 heterocycles. The summed E-state index contributed by atoms with van der Waals surface area (Å²) in [5.41, 5.74) is 0. The van der Waals surface area contributed by atoms with Gasteiger partial charge in [-0.05, 0) is 19.0 Å². The quantitative estimate of drug-likeness (QED) is 0.750. The van der Waals surface area contributed by atoms with E-state index in [0.29, 0.717) is 0 Å². The summed E-state index contributed by atoms with van der Waals surface area (Å²) in [6.45, 7) is 1.72. The zero-order valence-electron chi connectivity index (χ0n) is 10.2. The molecule has 0 aromatic heterocycles. The zero-order chi connectivity index (χ0) is 12.5. The maximum atomic E-state index is 12.3. The molecule has 1 amide bonds. The van der Waals surface area contributed by atoms with E-state index in [1.165, 1.54) is 0 Å². The molecule has 3 atom stereocenters. The monoisotopic (exact) mass is 264 g/mol. The van der Waals surface area contributed by atoms with Gasteiger partial charge in [0.25, 0.3) is 0 Å². The van der Waals surface area contributed by atoms with E-state index in [4.69, 9.17) is 0 Å². The van der Waals surface area contributed by atoms with Crippen LogP contribution in [0.15, 0.2) is 22.1 Å². The van der Waals surface area contributed by atoms with E-state index in [2.05, 4.69) is 15.3 Å². The van der Waals surface area contributed by atoms with Crippen LogP contribution in [0.5, 0.6) is 0 Å². The van der Waals surface area contributed by atoms with Gasteiger partial charge in [-0.2, -0.15) is 0 Å². The standard InChI is InChI=1S/C12H16N4OS/c1-16(11(17)8-4-6-13-7-8)12-15-9-3-2-5-14-10(9)18-12/h2-3,5,8-10,13H,4,6-7H2,1H3. The lowest BCUT2D eigenvalue weighted by Crippen LogP contribution is -2.36. The van der Waals surface area contributed by atoms with E-state index in [0.717, 1.165) is 24.7 Å². The van der Waals surface area contributed by atoms with Gasteiger partial charge in [0.2, 0.25) is 5.91 Å². The first-order valence-electron chi connectivity index (χ1n) is 6.18. The molecule has 3 aliphatic heterocycles. The van der Waals surface area contributed by atoms with Gasteiger partial charge in [-0.25, -0.2) is 0 Å². The Morgan fingerprint density at radius 1 is 1.61 bits per heavy atom. The summed E-state index contributed by atoms with van der Waals surface area (Å²) < 4.78 is 0. The Labute approximate surface area is 110 Å². The predicted octanol–water partition coefficient (Wildman–Crippen LogP) is 0.492. The van der Waals surface area contributed by atoms with Crippen LogP contribution in [0.2, 0.25) is 0 Å². The summed E-state index contributed by atoms with van der Waals surface area (Å²) in [7, 11) is 1.82. The average molecular weight is 264 g/mol. The molecule has 1 fully saturated rings. The van der Waals surface area contributed by atoms with Crippen LogP contribution in [-0.4, -0.2) is 53.7 Å². The SMILES string of the molecule is CN(C(=O)C1CCNC1)C1=NC2C=CC=NC2S1. The largest absolute Gasteiger partial charge is 0.316 e. The molecule has 0 aromatic rings. The van der Waals surface area contributed by atoms with Crippen molar-refractivity contribution in [2.24, 2.45) is 15.9 Å². The van der Waals surface area contributed by atoms with Crippen molar-refractivity contribution in [3.05, 3.63) is 12.2 Å². The first-order chi connectivity index (χ1) is 8.75. The number of fused-ring (bicyclic) bond motifs is 1. The lowest BCUT2D eigenvalue weighted by Gasteiger charge is -2.19. The van der Waals surface area contributed by atoms with E-state index in [1.54, 1.807) is 22.9 Å². The first-order valence-corrected chi connectivity index (χ1v) is 7.06. The normalized spacial score (nSPS) is 33.4. The van der Waals surface area contributed by atoms with E-state index >= 15 is 0 Å². The second-order valence-electron chi connectivity index (χ2n) is 4.68. The molecule has 5 nitrogen and oxygen atoms in total. The molecule has 6 heteroatoms. The molecule has 0 spiro atoms. The number of carbonyl (C=O) groups excluding carboxylic acids is 1. The highest BCUT2D eigenvalue weighted by Gasteiger charge is 2.34. The topological polar surface area (TPSA) is 57.1 Å². The van der Waals surface area contributed by atoms with Crippen molar-refractivity contribution in [2.75, 3.05) is 20.1 Å². The molecular formula is C12H16N4OS. The Morgan fingerprint density at radius 3 is 3.22 bits per heavy atom. The Morgan fingerprint density at radius 2 is 2.50 bits per heavy atom. The molecule has 18 heavy (non-hydrogen) atoms. The van der Waals surface area contributed by atoms with Crippen molar-refractivity contribution in [3.63, 3.8) is 0 Å². The lowest BCUT2D eigenvalue weighted by molar-refractivity contribution is -0.129. The van der Waals surface area contributed by atoms with Crippen LogP contribution in [0.25, 0.3) is 0 Å². The summed E-state index contributed by atoms with van der Waals surface area (Å²) in [5.74, 6) is 0.262. The smallest absolute Gasteiger partial charge is 0.232 e. The number of carbonyl (C=O) groups is 1. The van der Waals surface area contributed by atoms with E-state index < -0.39 is 0 Å². The van der Waals surface area contributed by atoms with Crippen LogP contribution >= 0.6 is 11.8 Å². The molecule has 0 radical (unpaired) electrons. The van der Waals surface area contributed by atoms with Crippen LogP contribution in [0.3, 0.4) is 0 Å². The minimum atomic E-state index is 0.0898. The summed E-state index contributed by atoms with van der Waals surface area (Å²) >= 11 is 1.58. The van der Waals surface area contributed by atoms with Gasteiger partial charge >= 0.3 is 0 Å². The molecule has 3 aliphatic rings. The van der Waals surface area contributed by atoms with Crippen molar-refractivity contribution < 1.29 is 4.79 Å². The summed E-state index contributed by atoms with van der Waals surface area (Å²) in [5, 5.41) is 4.13. The van der Waals surface area contributed by atoms with Crippen LogP contribution in [-0.2, 0) is 4.79 Å². The minimum absolute atomic E-state index is 0.0898. The number of allylic oxidation sites excluding steroid dienone is 1. The van der Waals surface area contributed by atoms with E-state index in [-0.39, 0.29) is 23.2 Å². The number of dihydropyridines is 1. The fraction of sp³-hybridized carbons (Fsp3) is 0.583. The maximum absolute atomic E-state index is 12.3. The molecule has 0 aromatic carbocycles. The van der Waals surface area contributed by atoms with Gasteiger partial charge in [0.1, 0.15) is 11.4 Å². The second kappa shape index (κ2) is 4.85. The minimum Gasteiger partial charge on any atom is -0.316 e. The van der Waals surface area contributed by atoms with Gasteiger partial charge in [-0.15, -0.1) is 0 Å². The fourth-order valence-corrected chi connectivity index (χ4v) is 3.42. The molecule has 0 bridgehead atoms. The molecule has 1 saturated heterocycles. The van der Waals surface area contributed by atoms with E-state index in [1.807, 2.05) is 19.2 Å². The third kappa shape index (κ3) is 2.10. The highest BCUT2D eigenvalue weighted by atomic mass is 32.2. The van der Waals surface area contributed by atoms with Crippen molar-refractivity contribution in [1.29, 1.82) is 0 Å². The Kier molecular flexibility index (Phi) is 3.22. The van der Waals surface area contributed by atoms with Crippen LogP contribution in [0.1, 0.15) is 6.42 Å². The van der Waals surface area contributed by atoms with Gasteiger partial charge in [0.05, 0.1) is 5.92 Å². The van der Waals surface area contributed by atoms with Crippen LogP contribution in [0, 0.1) is 5.92 Å². The van der Waals surface area contributed by atoms with Crippen molar-refractivity contribution in [2.45, 2.75) is 17.8 Å². The molecule has 3 rings (SSSR count). The van der Waals surface area contributed by atoms with Crippen LogP contribution < -0.4 is 5.32 Å². The van der Waals surface area contributed by atoms with Crippen molar-refractivity contribution in [3.8, 4) is 0 Å². The van der Waals surface area contributed by atoms with Gasteiger partial charge in [-0.3, -0.25) is 19.7 Å². The summed E-state index contributed by atoms with van der Waals surface area (Å²) in [4.78, 5) is 22.9. The molecule has 0 aliphatic carbocycles. The number of rotatable bonds is 1. The molecule has 96 valence electrons. The van der Waals surface area contributed by atoms with Gasteiger partial charge in [0, 0.05) is 19.8 Å². The third-order valence-electron chi connectivity index (χ3n) is 3.43. The maximum Gasteiger partial charge on any atom is 0.232 e. The number of amides is 1. The summed E-state index contributed by atoms with van der Waals surface area (Å²) in [6.07, 6.45) is 6.67. The number of nitrogens with one attached hydrogen (secondary N) is 1. The predicted molar refractivity (Wildman–Crippen MR) is 74.0 cm³/mol. The third-order valence-corrected chi connectivity index (χ3v) is 4.66. The number of thioether (sulfide) groups is 1. The number of hydrogen-bond acceptors (Lipinski definition) is 5. The van der Waals surface area contributed by atoms with Gasteiger partial charge < -0.3 is 5.32 Å². The number of aliphatic imine (C=N–C) groups is 2. The Balaban J connectivity index is 1.69. The zero-order valence-corrected chi connectivity index (χ0v) is 11.1. The fourth-order valence-electron chi connectivity index (χ4n) is 2.35. The van der Waals surface area contributed by atoms with Crippen LogP contribution in [0.4, 0.5) is 0 Å². The average Bonchev–Trinajstić information content (AvgIpc) is 3.05. The number of amidine groups is 1. The molecule has 1 N–H and O–H groups in total. The second-order valence-corrected chi connectivity index (χ2v) is 5.76. The van der Waals surface area contributed by atoms with Crippen molar-refractivity contribution >= 4 is 29.1 Å².